The molecular formula is C15H20N2O3. The predicted octanol–water partition coefficient (Wildman–Crippen LogP) is 1.23. The smallest absolute Gasteiger partial charge is 0.239 e. The fraction of sp³-hybridized carbons (Fsp3) is 0.467. The number of ketones is 1. The lowest BCUT2D eigenvalue weighted by atomic mass is 10.0. The largest absolute Gasteiger partial charge is 0.385 e. The average Bonchev–Trinajstić information content (AvgIpc) is 2.47. The van der Waals surface area contributed by atoms with Gasteiger partial charge in [-0.25, -0.2) is 0 Å². The molecule has 20 heavy (non-hydrogen) atoms. The van der Waals surface area contributed by atoms with E-state index in [1.807, 2.05) is 29.2 Å². The van der Waals surface area contributed by atoms with Crippen LogP contribution in [0.25, 0.3) is 0 Å². The van der Waals surface area contributed by atoms with Gasteiger partial charge < -0.3 is 15.0 Å². The molecule has 5 nitrogen and oxygen atoms in total. The fourth-order valence-electron chi connectivity index (χ4n) is 2.31. The van der Waals surface area contributed by atoms with Gasteiger partial charge in [0.1, 0.15) is 0 Å². The number of para-hydroxylation sites is 1. The van der Waals surface area contributed by atoms with Gasteiger partial charge in [-0.2, -0.15) is 0 Å². The number of carbonyl (C=O) groups excluding carboxylic acids is 2. The van der Waals surface area contributed by atoms with E-state index in [9.17, 15) is 9.59 Å². The maximum absolute atomic E-state index is 11.9. The molecule has 0 saturated heterocycles. The van der Waals surface area contributed by atoms with Crippen LogP contribution in [0.4, 0.5) is 5.69 Å². The van der Waals surface area contributed by atoms with Crippen molar-refractivity contribution in [1.29, 1.82) is 0 Å². The quantitative estimate of drug-likeness (QED) is 0.794. The molecule has 0 unspecified atom stereocenters. The molecule has 0 fully saturated rings. The van der Waals surface area contributed by atoms with Crippen LogP contribution in [0.3, 0.4) is 0 Å². The molecule has 1 aliphatic rings. The van der Waals surface area contributed by atoms with Crippen molar-refractivity contribution in [3.63, 3.8) is 0 Å². The SMILES string of the molecule is COCCCNC(=O)CN1CCC(=O)c2ccccc21. The maximum Gasteiger partial charge on any atom is 0.239 e. The summed E-state index contributed by atoms with van der Waals surface area (Å²) in [6.45, 7) is 2.14. The molecule has 1 amide bonds. The first-order valence-electron chi connectivity index (χ1n) is 6.85. The lowest BCUT2D eigenvalue weighted by Gasteiger charge is -2.29. The van der Waals surface area contributed by atoms with Crippen LogP contribution in [0, 0.1) is 0 Å². The standard InChI is InChI=1S/C15H20N2O3/c1-20-10-4-8-16-15(19)11-17-9-7-14(18)12-5-2-3-6-13(12)17/h2-3,5-6H,4,7-11H2,1H3,(H,16,19). The number of rotatable bonds is 6. The summed E-state index contributed by atoms with van der Waals surface area (Å²) in [6, 6.07) is 7.46. The molecule has 108 valence electrons. The van der Waals surface area contributed by atoms with Crippen LogP contribution >= 0.6 is 0 Å². The van der Waals surface area contributed by atoms with Crippen LogP contribution < -0.4 is 10.2 Å². The number of anilines is 1. The summed E-state index contributed by atoms with van der Waals surface area (Å²) in [5.41, 5.74) is 1.57. The van der Waals surface area contributed by atoms with Gasteiger partial charge in [0.2, 0.25) is 5.91 Å². The summed E-state index contributed by atoms with van der Waals surface area (Å²) in [6.07, 6.45) is 1.27. The highest BCUT2D eigenvalue weighted by molar-refractivity contribution is 6.03. The number of nitrogens with one attached hydrogen (secondary N) is 1. The second kappa shape index (κ2) is 7.05. The second-order valence-corrected chi connectivity index (χ2v) is 4.81. The Balaban J connectivity index is 1.92. The van der Waals surface area contributed by atoms with Crippen molar-refractivity contribution in [2.45, 2.75) is 12.8 Å². The van der Waals surface area contributed by atoms with E-state index in [0.717, 1.165) is 12.1 Å². The molecule has 1 aromatic rings. The Hall–Kier alpha value is -1.88. The normalized spacial score (nSPS) is 14.1. The van der Waals surface area contributed by atoms with Crippen LogP contribution in [0.2, 0.25) is 0 Å². The number of methoxy groups -OCH3 is 1. The molecule has 1 N–H and O–H groups in total. The van der Waals surface area contributed by atoms with E-state index in [2.05, 4.69) is 5.32 Å². The first-order chi connectivity index (χ1) is 9.72. The Bertz CT molecular complexity index is 488. The van der Waals surface area contributed by atoms with Gasteiger partial charge in [0.25, 0.3) is 0 Å². The van der Waals surface area contributed by atoms with Crippen molar-refractivity contribution in [3.05, 3.63) is 29.8 Å². The van der Waals surface area contributed by atoms with Crippen LogP contribution in [0.5, 0.6) is 0 Å². The first kappa shape index (κ1) is 14.5. The Morgan fingerprint density at radius 2 is 2.20 bits per heavy atom. The first-order valence-corrected chi connectivity index (χ1v) is 6.85. The molecule has 5 heteroatoms. The van der Waals surface area contributed by atoms with Gasteiger partial charge in [0.05, 0.1) is 6.54 Å². The number of fused-ring (bicyclic) bond motifs is 1. The lowest BCUT2D eigenvalue weighted by Crippen LogP contribution is -2.41. The number of Topliss-reactive ketones (excluding diaryl/α,β-unsaturated/α-hetero) is 1. The minimum Gasteiger partial charge on any atom is -0.385 e. The predicted molar refractivity (Wildman–Crippen MR) is 77.1 cm³/mol. The highest BCUT2D eigenvalue weighted by Gasteiger charge is 2.23. The summed E-state index contributed by atoms with van der Waals surface area (Å²) in [7, 11) is 1.64. The van der Waals surface area contributed by atoms with Crippen molar-refractivity contribution >= 4 is 17.4 Å². The van der Waals surface area contributed by atoms with Gasteiger partial charge in [-0.05, 0) is 18.6 Å². The second-order valence-electron chi connectivity index (χ2n) is 4.81. The van der Waals surface area contributed by atoms with Gasteiger partial charge >= 0.3 is 0 Å². The van der Waals surface area contributed by atoms with E-state index in [-0.39, 0.29) is 18.2 Å². The summed E-state index contributed by atoms with van der Waals surface area (Å²) < 4.78 is 4.93. The average molecular weight is 276 g/mol. The molecule has 0 aliphatic carbocycles. The highest BCUT2D eigenvalue weighted by Crippen LogP contribution is 2.26. The van der Waals surface area contributed by atoms with Crippen LogP contribution in [-0.4, -0.2) is 45.0 Å². The molecule has 1 aliphatic heterocycles. The molecule has 0 bridgehead atoms. The van der Waals surface area contributed by atoms with E-state index >= 15 is 0 Å². The summed E-state index contributed by atoms with van der Waals surface area (Å²) >= 11 is 0. The van der Waals surface area contributed by atoms with Crippen LogP contribution in [0.1, 0.15) is 23.2 Å². The number of ether oxygens (including phenoxy) is 1. The molecule has 0 aromatic heterocycles. The summed E-state index contributed by atoms with van der Waals surface area (Å²) in [5.74, 6) is 0.127. The highest BCUT2D eigenvalue weighted by atomic mass is 16.5. The Kier molecular flexibility index (Phi) is 5.12. The summed E-state index contributed by atoms with van der Waals surface area (Å²) in [5, 5.41) is 2.86. The van der Waals surface area contributed by atoms with E-state index < -0.39 is 0 Å². The number of hydrogen-bond acceptors (Lipinski definition) is 4. The topological polar surface area (TPSA) is 58.6 Å². The zero-order valence-corrected chi connectivity index (χ0v) is 11.7. The van der Waals surface area contributed by atoms with Crippen molar-refractivity contribution in [3.8, 4) is 0 Å². The van der Waals surface area contributed by atoms with Crippen molar-refractivity contribution in [1.82, 2.24) is 5.32 Å². The number of nitrogens with zero attached hydrogens (tertiary/aromatic N) is 1. The number of benzene rings is 1. The third-order valence-electron chi connectivity index (χ3n) is 3.34. The van der Waals surface area contributed by atoms with Gasteiger partial charge in [-0.1, -0.05) is 12.1 Å². The van der Waals surface area contributed by atoms with Gasteiger partial charge in [0, 0.05) is 44.5 Å². The van der Waals surface area contributed by atoms with E-state index in [1.165, 1.54) is 0 Å². The minimum atomic E-state index is -0.0229. The Morgan fingerprint density at radius 1 is 1.40 bits per heavy atom. The lowest BCUT2D eigenvalue weighted by molar-refractivity contribution is -0.119. The molecular weight excluding hydrogens is 256 g/mol. The van der Waals surface area contributed by atoms with Gasteiger partial charge in [-0.15, -0.1) is 0 Å². The number of carbonyl (C=O) groups is 2. The van der Waals surface area contributed by atoms with Gasteiger partial charge in [-0.3, -0.25) is 9.59 Å². The molecule has 0 atom stereocenters. The third kappa shape index (κ3) is 3.57. The zero-order chi connectivity index (χ0) is 14.4. The third-order valence-corrected chi connectivity index (χ3v) is 3.34. The molecule has 0 saturated carbocycles. The van der Waals surface area contributed by atoms with E-state index in [0.29, 0.717) is 31.7 Å². The molecule has 1 heterocycles. The minimum absolute atomic E-state index is 0.0229. The van der Waals surface area contributed by atoms with Crippen molar-refractivity contribution in [2.75, 3.05) is 38.3 Å². The van der Waals surface area contributed by atoms with Crippen LogP contribution in [0.15, 0.2) is 24.3 Å². The molecule has 1 aromatic carbocycles. The van der Waals surface area contributed by atoms with Crippen molar-refractivity contribution < 1.29 is 14.3 Å². The van der Waals surface area contributed by atoms with Crippen molar-refractivity contribution in [2.24, 2.45) is 0 Å². The Labute approximate surface area is 118 Å². The number of amides is 1. The van der Waals surface area contributed by atoms with Gasteiger partial charge in [0.15, 0.2) is 5.78 Å². The van der Waals surface area contributed by atoms with E-state index in [1.54, 1.807) is 7.11 Å². The number of hydrogen-bond donors (Lipinski definition) is 1. The fourth-order valence-corrected chi connectivity index (χ4v) is 2.31. The summed E-state index contributed by atoms with van der Waals surface area (Å²) in [4.78, 5) is 25.7. The zero-order valence-electron chi connectivity index (χ0n) is 11.7. The molecule has 0 spiro atoms. The van der Waals surface area contributed by atoms with E-state index in [4.69, 9.17) is 4.74 Å². The maximum atomic E-state index is 11.9. The molecule has 0 radical (unpaired) electrons. The van der Waals surface area contributed by atoms with Crippen LogP contribution in [-0.2, 0) is 9.53 Å². The Morgan fingerprint density at radius 3 is 3.00 bits per heavy atom. The monoisotopic (exact) mass is 276 g/mol. The molecule has 2 rings (SSSR count).